The van der Waals surface area contributed by atoms with Crippen LogP contribution >= 0.6 is 11.8 Å². The highest BCUT2D eigenvalue weighted by molar-refractivity contribution is 7.98. The first kappa shape index (κ1) is 13.6. The minimum atomic E-state index is 0.0176. The third kappa shape index (κ3) is 2.76. The number of thioether (sulfide) groups is 1. The first-order valence-electron chi connectivity index (χ1n) is 6.03. The second-order valence-electron chi connectivity index (χ2n) is 4.43. The molecule has 0 spiro atoms. The Bertz CT molecular complexity index is 422. The Morgan fingerprint density at radius 3 is 2.94 bits per heavy atom. The van der Waals surface area contributed by atoms with Gasteiger partial charge >= 0.3 is 0 Å². The Hall–Kier alpha value is -0.840. The van der Waals surface area contributed by atoms with E-state index in [-0.39, 0.29) is 5.41 Å². The van der Waals surface area contributed by atoms with Gasteiger partial charge in [0.15, 0.2) is 0 Å². The second-order valence-corrected chi connectivity index (χ2v) is 5.30. The highest BCUT2D eigenvalue weighted by Crippen LogP contribution is 2.40. The number of fused-ring (bicyclic) bond motifs is 1. The van der Waals surface area contributed by atoms with Crippen LogP contribution in [0.3, 0.4) is 0 Å². The van der Waals surface area contributed by atoms with Crippen molar-refractivity contribution in [3.8, 4) is 0 Å². The van der Waals surface area contributed by atoms with Crippen LogP contribution in [0.1, 0.15) is 12.0 Å². The zero-order chi connectivity index (χ0) is 12.8. The minimum absolute atomic E-state index is 0.0176. The average molecular weight is 265 g/mol. The second kappa shape index (κ2) is 6.36. The third-order valence-corrected chi connectivity index (χ3v) is 3.99. The normalized spacial score (nSPS) is 21.2. The first-order valence-corrected chi connectivity index (χ1v) is 7.42. The maximum atomic E-state index is 5.44. The topological polar surface area (TPSA) is 30.8 Å². The van der Waals surface area contributed by atoms with Gasteiger partial charge in [0.1, 0.15) is 6.79 Å². The maximum absolute atomic E-state index is 5.44. The molecule has 0 saturated carbocycles. The van der Waals surface area contributed by atoms with E-state index in [9.17, 15) is 0 Å². The van der Waals surface area contributed by atoms with Crippen molar-refractivity contribution >= 4 is 23.7 Å². The zero-order valence-electron chi connectivity index (χ0n) is 10.9. The molecule has 1 unspecified atom stereocenters. The number of benzene rings is 1. The molecule has 1 aliphatic heterocycles. The number of aliphatic imine (C=N–C) groups is 1. The molecule has 0 N–H and O–H groups in total. The van der Waals surface area contributed by atoms with Gasteiger partial charge in [-0.1, -0.05) is 18.2 Å². The van der Waals surface area contributed by atoms with Crippen molar-refractivity contribution in [1.82, 2.24) is 0 Å². The van der Waals surface area contributed by atoms with Crippen LogP contribution in [0.2, 0.25) is 0 Å². The molecule has 1 aliphatic rings. The molecule has 2 rings (SSSR count). The zero-order valence-corrected chi connectivity index (χ0v) is 11.7. The Labute approximate surface area is 113 Å². The summed E-state index contributed by atoms with van der Waals surface area (Å²) in [6.07, 6.45) is 5.16. The van der Waals surface area contributed by atoms with Gasteiger partial charge in [-0.15, -0.1) is 0 Å². The Morgan fingerprint density at radius 1 is 1.33 bits per heavy atom. The number of hydrogen-bond donors (Lipinski definition) is 0. The van der Waals surface area contributed by atoms with Gasteiger partial charge in [0.2, 0.25) is 0 Å². The van der Waals surface area contributed by atoms with E-state index >= 15 is 0 Å². The number of nitrogens with zero attached hydrogens (tertiary/aromatic N) is 1. The Morgan fingerprint density at radius 2 is 2.17 bits per heavy atom. The van der Waals surface area contributed by atoms with E-state index in [4.69, 9.17) is 9.47 Å². The first-order chi connectivity index (χ1) is 8.82. The van der Waals surface area contributed by atoms with E-state index in [0.29, 0.717) is 13.4 Å². The van der Waals surface area contributed by atoms with E-state index < -0.39 is 0 Å². The van der Waals surface area contributed by atoms with Crippen molar-refractivity contribution in [3.63, 3.8) is 0 Å². The van der Waals surface area contributed by atoms with E-state index in [0.717, 1.165) is 17.9 Å². The lowest BCUT2D eigenvalue weighted by atomic mass is 9.81. The van der Waals surface area contributed by atoms with Gasteiger partial charge in [-0.25, -0.2) is 0 Å². The molecule has 1 heterocycles. The molecular weight excluding hydrogens is 246 g/mol. The number of para-hydroxylation sites is 1. The fraction of sp³-hybridized carbons (Fsp3) is 0.500. The van der Waals surface area contributed by atoms with Crippen LogP contribution in [0.5, 0.6) is 0 Å². The molecule has 0 saturated heterocycles. The molecule has 1 atom stereocenters. The van der Waals surface area contributed by atoms with E-state index in [2.05, 4.69) is 35.7 Å². The van der Waals surface area contributed by atoms with Gasteiger partial charge in [-0.05, 0) is 24.3 Å². The van der Waals surface area contributed by atoms with E-state index in [1.807, 2.05) is 17.8 Å². The van der Waals surface area contributed by atoms with Gasteiger partial charge in [0.05, 0.1) is 12.3 Å². The van der Waals surface area contributed by atoms with Gasteiger partial charge in [0.25, 0.3) is 0 Å². The number of ether oxygens (including phenoxy) is 2. The van der Waals surface area contributed by atoms with Crippen LogP contribution in [-0.2, 0) is 14.9 Å². The number of methoxy groups -OCH3 is 1. The molecule has 0 aromatic heterocycles. The number of rotatable bonds is 7. The van der Waals surface area contributed by atoms with Crippen molar-refractivity contribution in [2.24, 2.45) is 4.99 Å². The van der Waals surface area contributed by atoms with Crippen LogP contribution in [0.4, 0.5) is 5.69 Å². The quantitative estimate of drug-likeness (QED) is 0.561. The molecular formula is C14H19NO2S. The summed E-state index contributed by atoms with van der Waals surface area (Å²) >= 11 is 1.85. The van der Waals surface area contributed by atoms with Crippen molar-refractivity contribution in [2.45, 2.75) is 11.8 Å². The van der Waals surface area contributed by atoms with Gasteiger partial charge in [-0.2, -0.15) is 11.8 Å². The Kier molecular flexibility index (Phi) is 4.80. The highest BCUT2D eigenvalue weighted by atomic mass is 32.2. The largest absolute Gasteiger partial charge is 0.359 e. The number of hydrogen-bond acceptors (Lipinski definition) is 4. The van der Waals surface area contributed by atoms with Crippen molar-refractivity contribution in [1.29, 1.82) is 0 Å². The van der Waals surface area contributed by atoms with Gasteiger partial charge in [-0.3, -0.25) is 4.99 Å². The third-order valence-electron chi connectivity index (χ3n) is 3.19. The lowest BCUT2D eigenvalue weighted by molar-refractivity contribution is -0.0332. The van der Waals surface area contributed by atoms with Crippen LogP contribution in [0, 0.1) is 0 Å². The molecule has 4 heteroatoms. The predicted octanol–water partition coefficient (Wildman–Crippen LogP) is 3.01. The predicted molar refractivity (Wildman–Crippen MR) is 77.1 cm³/mol. The van der Waals surface area contributed by atoms with Crippen LogP contribution < -0.4 is 0 Å². The van der Waals surface area contributed by atoms with Crippen molar-refractivity contribution in [2.75, 3.05) is 32.5 Å². The molecule has 18 heavy (non-hydrogen) atoms. The lowest BCUT2D eigenvalue weighted by Crippen LogP contribution is -2.30. The summed E-state index contributed by atoms with van der Waals surface area (Å²) in [4.78, 5) is 4.55. The summed E-state index contributed by atoms with van der Waals surface area (Å²) in [6, 6.07) is 8.37. The standard InChI is InChI=1S/C14H19NO2S/c1-16-11-17-8-7-14(10-18-2)9-15-13-6-4-3-5-12(13)14/h3-6,9H,7-8,10-11H2,1-2H3. The van der Waals surface area contributed by atoms with E-state index in [1.165, 1.54) is 5.56 Å². The average Bonchev–Trinajstić information content (AvgIpc) is 2.75. The summed E-state index contributed by atoms with van der Waals surface area (Å²) in [5.74, 6) is 1.03. The summed E-state index contributed by atoms with van der Waals surface area (Å²) in [6.45, 7) is 1.04. The molecule has 0 aliphatic carbocycles. The Balaban J connectivity index is 2.11. The van der Waals surface area contributed by atoms with E-state index in [1.54, 1.807) is 7.11 Å². The maximum Gasteiger partial charge on any atom is 0.146 e. The smallest absolute Gasteiger partial charge is 0.146 e. The van der Waals surface area contributed by atoms with Crippen LogP contribution in [0.25, 0.3) is 0 Å². The molecule has 0 fully saturated rings. The highest BCUT2D eigenvalue weighted by Gasteiger charge is 2.35. The summed E-state index contributed by atoms with van der Waals surface area (Å²) in [5.41, 5.74) is 2.43. The molecule has 3 nitrogen and oxygen atoms in total. The fourth-order valence-corrected chi connectivity index (χ4v) is 3.20. The van der Waals surface area contributed by atoms with Crippen molar-refractivity contribution < 1.29 is 9.47 Å². The van der Waals surface area contributed by atoms with Gasteiger partial charge in [0, 0.05) is 24.5 Å². The van der Waals surface area contributed by atoms with Crippen LogP contribution in [-0.4, -0.2) is 38.7 Å². The summed E-state index contributed by atoms with van der Waals surface area (Å²) in [7, 11) is 1.64. The molecule has 0 radical (unpaired) electrons. The van der Waals surface area contributed by atoms with Crippen molar-refractivity contribution in [3.05, 3.63) is 29.8 Å². The monoisotopic (exact) mass is 265 g/mol. The molecule has 1 aromatic carbocycles. The molecule has 98 valence electrons. The molecule has 1 aromatic rings. The summed E-state index contributed by atoms with van der Waals surface area (Å²) < 4.78 is 10.3. The van der Waals surface area contributed by atoms with Gasteiger partial charge < -0.3 is 9.47 Å². The minimum Gasteiger partial charge on any atom is -0.359 e. The fourth-order valence-electron chi connectivity index (χ4n) is 2.31. The van der Waals surface area contributed by atoms with Crippen LogP contribution in [0.15, 0.2) is 29.3 Å². The summed E-state index contributed by atoms with van der Waals surface area (Å²) in [5, 5.41) is 0. The molecule has 0 amide bonds. The SMILES string of the molecule is COCOCCC1(CSC)C=Nc2ccccc21. The molecule has 0 bridgehead atoms. The lowest BCUT2D eigenvalue weighted by Gasteiger charge is -2.26.